The molecule has 0 fully saturated rings. The van der Waals surface area contributed by atoms with Crippen LogP contribution in [0.1, 0.15) is 54.6 Å². The van der Waals surface area contributed by atoms with Crippen molar-refractivity contribution in [3.8, 4) is 0 Å². The molecule has 0 saturated heterocycles. The van der Waals surface area contributed by atoms with Crippen LogP contribution in [0.3, 0.4) is 0 Å². The van der Waals surface area contributed by atoms with Crippen molar-refractivity contribution < 1.29 is 23.9 Å². The molecule has 1 aliphatic carbocycles. The molecule has 2 aromatic rings. The lowest BCUT2D eigenvalue weighted by molar-refractivity contribution is -0.139. The number of hydrogen-bond acceptors (Lipinski definition) is 6. The molecule has 4 rings (SSSR count). The molecule has 0 aromatic heterocycles. The number of benzene rings is 2. The lowest BCUT2D eigenvalue weighted by Crippen LogP contribution is -2.43. The van der Waals surface area contributed by atoms with E-state index in [2.05, 4.69) is 11.4 Å². The van der Waals surface area contributed by atoms with Crippen molar-refractivity contribution in [1.29, 1.82) is 0 Å². The van der Waals surface area contributed by atoms with Gasteiger partial charge in [-0.25, -0.2) is 9.59 Å². The Morgan fingerprint density at radius 1 is 1.00 bits per heavy atom. The SMILES string of the molecule is COC(=O)c1ccc(C2C(C(=O)OCCc3ccccc3)=C(C)NC3=CC(C)(C)CC(=O)C32)cc1. The van der Waals surface area contributed by atoms with E-state index in [1.807, 2.05) is 51.1 Å². The van der Waals surface area contributed by atoms with Crippen molar-refractivity contribution >= 4 is 17.7 Å². The molecule has 182 valence electrons. The van der Waals surface area contributed by atoms with E-state index < -0.39 is 23.8 Å². The maximum Gasteiger partial charge on any atom is 0.337 e. The van der Waals surface area contributed by atoms with Gasteiger partial charge >= 0.3 is 11.9 Å². The van der Waals surface area contributed by atoms with Gasteiger partial charge in [0.2, 0.25) is 0 Å². The van der Waals surface area contributed by atoms with Gasteiger partial charge in [-0.2, -0.15) is 0 Å². The van der Waals surface area contributed by atoms with Gasteiger partial charge in [0.1, 0.15) is 5.78 Å². The van der Waals surface area contributed by atoms with Crippen molar-refractivity contribution in [1.82, 2.24) is 5.32 Å². The Bertz CT molecular complexity index is 1190. The van der Waals surface area contributed by atoms with Gasteiger partial charge in [-0.3, -0.25) is 4.79 Å². The summed E-state index contributed by atoms with van der Waals surface area (Å²) in [6.07, 6.45) is 3.08. The third-order valence-electron chi connectivity index (χ3n) is 6.62. The third-order valence-corrected chi connectivity index (χ3v) is 6.62. The highest BCUT2D eigenvalue weighted by atomic mass is 16.5. The molecule has 1 aliphatic heterocycles. The first-order valence-corrected chi connectivity index (χ1v) is 11.8. The van der Waals surface area contributed by atoms with Crippen molar-refractivity contribution in [3.05, 3.63) is 94.3 Å². The largest absolute Gasteiger partial charge is 0.465 e. The Morgan fingerprint density at radius 2 is 1.69 bits per heavy atom. The fourth-order valence-corrected chi connectivity index (χ4v) is 5.02. The van der Waals surface area contributed by atoms with Gasteiger partial charge in [-0.1, -0.05) is 62.4 Å². The summed E-state index contributed by atoms with van der Waals surface area (Å²) in [7, 11) is 1.33. The summed E-state index contributed by atoms with van der Waals surface area (Å²) < 4.78 is 10.5. The van der Waals surface area contributed by atoms with E-state index in [-0.39, 0.29) is 17.8 Å². The highest BCUT2D eigenvalue weighted by Gasteiger charge is 2.46. The molecule has 6 nitrogen and oxygen atoms in total. The molecule has 1 N–H and O–H groups in total. The van der Waals surface area contributed by atoms with Gasteiger partial charge in [0, 0.05) is 30.2 Å². The number of Topliss-reactive ketones (excluding diaryl/α,β-unsaturated/α-hetero) is 1. The monoisotopic (exact) mass is 473 g/mol. The average molecular weight is 474 g/mol. The van der Waals surface area contributed by atoms with Gasteiger partial charge < -0.3 is 14.8 Å². The second kappa shape index (κ2) is 9.90. The zero-order valence-electron chi connectivity index (χ0n) is 20.6. The Balaban J connectivity index is 1.68. The number of nitrogens with one attached hydrogen (secondary N) is 1. The normalized spacial score (nSPS) is 20.9. The van der Waals surface area contributed by atoms with Crippen LogP contribution in [0.2, 0.25) is 0 Å². The minimum atomic E-state index is -0.521. The van der Waals surface area contributed by atoms with Gasteiger partial charge in [0.25, 0.3) is 0 Å². The van der Waals surface area contributed by atoms with Crippen molar-refractivity contribution in [2.24, 2.45) is 11.3 Å². The summed E-state index contributed by atoms with van der Waals surface area (Å²) in [5.74, 6) is -1.84. The van der Waals surface area contributed by atoms with Crippen LogP contribution in [-0.2, 0) is 25.5 Å². The highest BCUT2D eigenvalue weighted by Crippen LogP contribution is 2.47. The summed E-state index contributed by atoms with van der Waals surface area (Å²) in [6, 6.07) is 16.7. The molecular weight excluding hydrogens is 442 g/mol. The number of fused-ring (bicyclic) bond motifs is 1. The fourth-order valence-electron chi connectivity index (χ4n) is 5.02. The number of esters is 2. The predicted molar refractivity (Wildman–Crippen MR) is 132 cm³/mol. The summed E-state index contributed by atoms with van der Waals surface area (Å²) in [5.41, 5.74) is 3.92. The van der Waals surface area contributed by atoms with Gasteiger partial charge in [0.15, 0.2) is 0 Å². The van der Waals surface area contributed by atoms with Gasteiger partial charge in [-0.05, 0) is 35.6 Å². The zero-order chi connectivity index (χ0) is 25.2. The first-order valence-electron chi connectivity index (χ1n) is 11.8. The molecule has 0 saturated carbocycles. The smallest absolute Gasteiger partial charge is 0.337 e. The Morgan fingerprint density at radius 3 is 2.34 bits per heavy atom. The molecule has 6 heteroatoms. The standard InChI is InChI=1S/C29H31NO5/c1-18-24(28(33)35-15-14-19-8-6-5-7-9-19)25(20-10-12-21(13-11-20)27(32)34-4)26-22(30-18)16-29(2,3)17-23(26)31/h5-13,16,25-26,30H,14-15,17H2,1-4H3. The Labute approximate surface area is 206 Å². The Kier molecular flexibility index (Phi) is 6.92. The second-order valence-corrected chi connectivity index (χ2v) is 9.84. The number of carbonyl (C=O) groups excluding carboxylic acids is 3. The molecule has 0 radical (unpaired) electrons. The minimum absolute atomic E-state index is 0.0733. The number of ketones is 1. The van der Waals surface area contributed by atoms with Crippen molar-refractivity contribution in [2.45, 2.75) is 39.5 Å². The van der Waals surface area contributed by atoms with Crippen LogP contribution < -0.4 is 5.32 Å². The summed E-state index contributed by atoms with van der Waals surface area (Å²) in [6.45, 7) is 6.14. The van der Waals surface area contributed by atoms with Crippen LogP contribution in [0.4, 0.5) is 0 Å². The van der Waals surface area contributed by atoms with Crippen LogP contribution in [0.5, 0.6) is 0 Å². The number of allylic oxidation sites excluding steroid dienone is 3. The van der Waals surface area contributed by atoms with E-state index >= 15 is 0 Å². The molecule has 2 aliphatic rings. The van der Waals surface area contributed by atoms with Crippen molar-refractivity contribution in [3.63, 3.8) is 0 Å². The molecule has 0 spiro atoms. The number of rotatable bonds is 6. The van der Waals surface area contributed by atoms with Crippen LogP contribution in [0, 0.1) is 11.3 Å². The van der Waals surface area contributed by atoms with E-state index in [9.17, 15) is 14.4 Å². The number of ether oxygens (including phenoxy) is 2. The maximum atomic E-state index is 13.4. The maximum absolute atomic E-state index is 13.4. The van der Waals surface area contributed by atoms with Crippen LogP contribution in [0.15, 0.2) is 77.6 Å². The lowest BCUT2D eigenvalue weighted by Gasteiger charge is -2.41. The molecule has 2 unspecified atom stereocenters. The van der Waals surface area contributed by atoms with Gasteiger partial charge in [0.05, 0.1) is 30.8 Å². The van der Waals surface area contributed by atoms with Crippen molar-refractivity contribution in [2.75, 3.05) is 13.7 Å². The fraction of sp³-hybridized carbons (Fsp3) is 0.345. The number of hydrogen-bond donors (Lipinski definition) is 1. The summed E-state index contributed by atoms with van der Waals surface area (Å²) in [4.78, 5) is 38.7. The van der Waals surface area contributed by atoms with Gasteiger partial charge in [-0.15, -0.1) is 0 Å². The molecule has 0 amide bonds. The Hall–Kier alpha value is -3.67. The first kappa shape index (κ1) is 24.5. The second-order valence-electron chi connectivity index (χ2n) is 9.84. The van der Waals surface area contributed by atoms with E-state index in [0.29, 0.717) is 29.7 Å². The van der Waals surface area contributed by atoms with E-state index in [1.54, 1.807) is 24.3 Å². The lowest BCUT2D eigenvalue weighted by atomic mass is 9.66. The highest BCUT2D eigenvalue weighted by molar-refractivity contribution is 5.96. The molecule has 2 aromatic carbocycles. The third kappa shape index (κ3) is 5.21. The molecule has 2 atom stereocenters. The summed E-state index contributed by atoms with van der Waals surface area (Å²) in [5, 5.41) is 3.33. The number of methoxy groups -OCH3 is 1. The summed E-state index contributed by atoms with van der Waals surface area (Å²) >= 11 is 0. The topological polar surface area (TPSA) is 81.7 Å². The minimum Gasteiger partial charge on any atom is -0.465 e. The van der Waals surface area contributed by atoms with Crippen LogP contribution >= 0.6 is 0 Å². The first-order chi connectivity index (χ1) is 16.7. The van der Waals surface area contributed by atoms with E-state index in [0.717, 1.165) is 16.8 Å². The number of carbonyl (C=O) groups is 3. The van der Waals surface area contributed by atoms with Crippen LogP contribution in [-0.4, -0.2) is 31.4 Å². The molecule has 0 bridgehead atoms. The quantitative estimate of drug-likeness (QED) is 0.612. The molecular formula is C29H31NO5. The van der Waals surface area contributed by atoms with Crippen LogP contribution in [0.25, 0.3) is 0 Å². The molecule has 1 heterocycles. The molecule has 35 heavy (non-hydrogen) atoms. The average Bonchev–Trinajstić information content (AvgIpc) is 2.82. The zero-order valence-corrected chi connectivity index (χ0v) is 20.6. The predicted octanol–water partition coefficient (Wildman–Crippen LogP) is 4.72. The van der Waals surface area contributed by atoms with E-state index in [4.69, 9.17) is 9.47 Å². The van der Waals surface area contributed by atoms with E-state index in [1.165, 1.54) is 7.11 Å².